The zero-order valence-corrected chi connectivity index (χ0v) is 17.0. The van der Waals surface area contributed by atoms with Crippen LogP contribution in [-0.2, 0) is 4.79 Å². The maximum absolute atomic E-state index is 13.2. The Morgan fingerprint density at radius 2 is 1.72 bits per heavy atom. The van der Waals surface area contributed by atoms with Gasteiger partial charge < -0.3 is 5.32 Å². The lowest BCUT2D eigenvalue weighted by atomic mass is 9.95. The molecule has 0 radical (unpaired) electrons. The second-order valence-corrected chi connectivity index (χ2v) is 7.47. The maximum Gasteiger partial charge on any atom is 0.233 e. The molecule has 0 saturated heterocycles. The van der Waals surface area contributed by atoms with E-state index in [0.717, 1.165) is 34.5 Å². The number of nitrogens with zero attached hydrogens (tertiary/aromatic N) is 2. The van der Waals surface area contributed by atoms with Crippen LogP contribution >= 0.6 is 0 Å². The Morgan fingerprint density at radius 3 is 2.41 bits per heavy atom. The van der Waals surface area contributed by atoms with Gasteiger partial charge in [-0.15, -0.1) is 0 Å². The Labute approximate surface area is 171 Å². The van der Waals surface area contributed by atoms with Crippen LogP contribution in [0.3, 0.4) is 0 Å². The van der Waals surface area contributed by atoms with E-state index in [1.54, 1.807) is 0 Å². The molecule has 1 atom stereocenters. The number of aromatic nitrogens is 2. The number of rotatable bonds is 5. The largest absolute Gasteiger partial charge is 0.309 e. The summed E-state index contributed by atoms with van der Waals surface area (Å²) in [6, 6.07) is 22.2. The number of nitrogens with one attached hydrogen (secondary N) is 1. The minimum atomic E-state index is -0.210. The molecule has 0 aliphatic rings. The van der Waals surface area contributed by atoms with Gasteiger partial charge in [-0.05, 0) is 43.5 Å². The normalized spacial score (nSPS) is 12.1. The molecule has 1 unspecified atom stereocenters. The number of fused-ring (bicyclic) bond motifs is 1. The number of anilines is 1. The van der Waals surface area contributed by atoms with Gasteiger partial charge in [0.1, 0.15) is 17.2 Å². The van der Waals surface area contributed by atoms with E-state index < -0.39 is 0 Å². The van der Waals surface area contributed by atoms with Crippen LogP contribution in [-0.4, -0.2) is 15.3 Å². The monoisotopic (exact) mass is 383 g/mol. The van der Waals surface area contributed by atoms with Gasteiger partial charge in [0, 0.05) is 11.8 Å². The summed E-state index contributed by atoms with van der Waals surface area (Å²) in [6.07, 6.45) is 2.69. The summed E-state index contributed by atoms with van der Waals surface area (Å²) >= 11 is 0. The Balaban J connectivity index is 1.78. The van der Waals surface area contributed by atoms with Gasteiger partial charge in [0.15, 0.2) is 0 Å². The summed E-state index contributed by atoms with van der Waals surface area (Å²) < 4.78 is 1.96. The minimum absolute atomic E-state index is 0.0190. The molecule has 4 heteroatoms. The van der Waals surface area contributed by atoms with E-state index in [0.29, 0.717) is 5.82 Å². The lowest BCUT2D eigenvalue weighted by Crippen LogP contribution is -2.22. The average Bonchev–Trinajstić information content (AvgIpc) is 3.07. The lowest BCUT2D eigenvalue weighted by Gasteiger charge is -2.16. The first-order valence-electron chi connectivity index (χ1n) is 9.98. The van der Waals surface area contributed by atoms with Gasteiger partial charge in [-0.1, -0.05) is 67.1 Å². The molecular weight excluding hydrogens is 358 g/mol. The molecule has 2 aromatic carbocycles. The molecule has 1 N–H and O–H groups in total. The Hall–Kier alpha value is -3.40. The molecule has 2 heterocycles. The fourth-order valence-electron chi connectivity index (χ4n) is 3.64. The van der Waals surface area contributed by atoms with Crippen LogP contribution in [0, 0.1) is 13.8 Å². The summed E-state index contributed by atoms with van der Waals surface area (Å²) in [5.74, 6) is 0.482. The van der Waals surface area contributed by atoms with Crippen LogP contribution in [0.4, 0.5) is 5.82 Å². The van der Waals surface area contributed by atoms with Crippen LogP contribution < -0.4 is 5.32 Å². The number of carbonyl (C=O) groups is 1. The number of amides is 1. The smallest absolute Gasteiger partial charge is 0.233 e. The molecule has 0 saturated carbocycles. The van der Waals surface area contributed by atoms with Crippen LogP contribution in [0.2, 0.25) is 0 Å². The van der Waals surface area contributed by atoms with Crippen molar-refractivity contribution in [2.45, 2.75) is 33.1 Å². The Bertz CT molecular complexity index is 1140. The maximum atomic E-state index is 13.2. The van der Waals surface area contributed by atoms with Gasteiger partial charge in [-0.25, -0.2) is 4.98 Å². The highest BCUT2D eigenvalue weighted by Crippen LogP contribution is 2.31. The number of hydrogen-bond donors (Lipinski definition) is 1. The third kappa shape index (κ3) is 3.79. The second-order valence-electron chi connectivity index (χ2n) is 7.47. The van der Waals surface area contributed by atoms with Crippen molar-refractivity contribution in [1.82, 2.24) is 9.38 Å². The number of pyridine rings is 1. The quantitative estimate of drug-likeness (QED) is 0.477. The summed E-state index contributed by atoms with van der Waals surface area (Å²) in [4.78, 5) is 18.1. The minimum Gasteiger partial charge on any atom is -0.309 e. The van der Waals surface area contributed by atoms with E-state index in [9.17, 15) is 4.79 Å². The van der Waals surface area contributed by atoms with Crippen molar-refractivity contribution in [3.8, 4) is 11.3 Å². The van der Waals surface area contributed by atoms with E-state index in [4.69, 9.17) is 4.98 Å². The van der Waals surface area contributed by atoms with Crippen molar-refractivity contribution in [3.05, 3.63) is 89.6 Å². The Morgan fingerprint density at radius 1 is 1.00 bits per heavy atom. The first-order chi connectivity index (χ1) is 14.1. The fourth-order valence-corrected chi connectivity index (χ4v) is 3.64. The number of carbonyl (C=O) groups excluding carboxylic acids is 1. The van der Waals surface area contributed by atoms with Gasteiger partial charge in [0.2, 0.25) is 5.91 Å². The van der Waals surface area contributed by atoms with Crippen LogP contribution in [0.1, 0.15) is 36.0 Å². The number of imidazole rings is 1. The highest BCUT2D eigenvalue weighted by Gasteiger charge is 2.22. The van der Waals surface area contributed by atoms with Crippen LogP contribution in [0.5, 0.6) is 0 Å². The van der Waals surface area contributed by atoms with Gasteiger partial charge in [0.05, 0.1) is 5.92 Å². The summed E-state index contributed by atoms with van der Waals surface area (Å²) in [7, 11) is 0. The standard InChI is InChI=1S/C25H25N3O/c1-4-21(19-8-6-5-7-9-19)25(29)27-24-23(20-12-10-17(2)11-13-20)26-22-16-18(3)14-15-28(22)24/h5-16,21H,4H2,1-3H3,(H,27,29). The van der Waals surface area contributed by atoms with Gasteiger partial charge in [-0.2, -0.15) is 0 Å². The SMILES string of the molecule is CCC(C(=O)Nc1c(-c2ccc(C)cc2)nc2cc(C)ccn12)c1ccccc1. The van der Waals surface area contributed by atoms with E-state index in [1.165, 1.54) is 5.56 Å². The summed E-state index contributed by atoms with van der Waals surface area (Å²) in [5.41, 5.74) is 5.94. The molecular formula is C25H25N3O. The van der Waals surface area contributed by atoms with Crippen molar-refractivity contribution < 1.29 is 4.79 Å². The Kier molecular flexibility index (Phi) is 5.17. The average molecular weight is 383 g/mol. The first-order valence-corrected chi connectivity index (χ1v) is 9.98. The molecule has 1 amide bonds. The molecule has 0 aliphatic carbocycles. The number of hydrogen-bond acceptors (Lipinski definition) is 2. The topological polar surface area (TPSA) is 46.4 Å². The summed E-state index contributed by atoms with van der Waals surface area (Å²) in [5, 5.41) is 3.18. The second kappa shape index (κ2) is 7.92. The van der Waals surface area contributed by atoms with E-state index in [-0.39, 0.29) is 11.8 Å². The van der Waals surface area contributed by atoms with Crippen molar-refractivity contribution >= 4 is 17.4 Å². The molecule has 0 fully saturated rings. The molecule has 0 spiro atoms. The fraction of sp³-hybridized carbons (Fsp3) is 0.200. The summed E-state index contributed by atoms with van der Waals surface area (Å²) in [6.45, 7) is 6.14. The third-order valence-corrected chi connectivity index (χ3v) is 5.27. The lowest BCUT2D eigenvalue weighted by molar-refractivity contribution is -0.117. The van der Waals surface area contributed by atoms with E-state index >= 15 is 0 Å². The predicted octanol–water partition coefficient (Wildman–Crippen LogP) is 5.75. The van der Waals surface area contributed by atoms with Crippen molar-refractivity contribution in [2.75, 3.05) is 5.32 Å². The van der Waals surface area contributed by atoms with E-state index in [1.807, 2.05) is 79.0 Å². The van der Waals surface area contributed by atoms with E-state index in [2.05, 4.69) is 24.4 Å². The predicted molar refractivity (Wildman–Crippen MR) is 118 cm³/mol. The molecule has 0 aliphatic heterocycles. The number of benzene rings is 2. The third-order valence-electron chi connectivity index (χ3n) is 5.27. The van der Waals surface area contributed by atoms with Gasteiger partial charge in [-0.3, -0.25) is 9.20 Å². The number of aryl methyl sites for hydroxylation is 2. The van der Waals surface area contributed by atoms with Crippen LogP contribution in [0.25, 0.3) is 16.9 Å². The van der Waals surface area contributed by atoms with Crippen molar-refractivity contribution in [2.24, 2.45) is 0 Å². The zero-order chi connectivity index (χ0) is 20.4. The highest BCUT2D eigenvalue weighted by molar-refractivity contribution is 5.98. The molecule has 2 aromatic heterocycles. The highest BCUT2D eigenvalue weighted by atomic mass is 16.2. The van der Waals surface area contributed by atoms with Gasteiger partial charge in [0.25, 0.3) is 0 Å². The van der Waals surface area contributed by atoms with Crippen molar-refractivity contribution in [1.29, 1.82) is 0 Å². The van der Waals surface area contributed by atoms with Crippen LogP contribution in [0.15, 0.2) is 72.9 Å². The van der Waals surface area contributed by atoms with Crippen molar-refractivity contribution in [3.63, 3.8) is 0 Å². The first kappa shape index (κ1) is 18.9. The molecule has 4 aromatic rings. The zero-order valence-electron chi connectivity index (χ0n) is 17.0. The molecule has 4 rings (SSSR count). The molecule has 29 heavy (non-hydrogen) atoms. The van der Waals surface area contributed by atoms with Gasteiger partial charge >= 0.3 is 0 Å². The molecule has 4 nitrogen and oxygen atoms in total. The molecule has 0 bridgehead atoms. The molecule has 146 valence electrons.